The second kappa shape index (κ2) is 9.25. The summed E-state index contributed by atoms with van der Waals surface area (Å²) in [6, 6.07) is 3.77. The van der Waals surface area contributed by atoms with E-state index in [9.17, 15) is 4.79 Å². The van der Waals surface area contributed by atoms with E-state index in [1.807, 2.05) is 17.5 Å². The van der Waals surface area contributed by atoms with Gasteiger partial charge in [-0.15, -0.1) is 11.3 Å². The Labute approximate surface area is 113 Å². The molecule has 0 aliphatic rings. The van der Waals surface area contributed by atoms with E-state index in [0.717, 1.165) is 17.9 Å². The molecule has 0 N–H and O–H groups in total. The van der Waals surface area contributed by atoms with E-state index in [1.165, 1.54) is 11.3 Å². The van der Waals surface area contributed by atoms with E-state index in [0.29, 0.717) is 32.2 Å². The Morgan fingerprint density at radius 2 is 2.06 bits per heavy atom. The van der Waals surface area contributed by atoms with Crippen LogP contribution in [0.25, 0.3) is 0 Å². The summed E-state index contributed by atoms with van der Waals surface area (Å²) >= 11 is 1.50. The molecule has 1 rings (SSSR count). The second-order valence-electron chi connectivity index (χ2n) is 4.59. The Hall–Kier alpha value is -0.710. The Morgan fingerprint density at radius 3 is 2.72 bits per heavy atom. The number of thiophene rings is 1. The molecule has 0 bridgehead atoms. The molecular weight excluding hydrogens is 248 g/mol. The standard InChI is InChI=1S/C14H22O3S/c1-12(2)11-17-9-8-16-7-3-5-13(15)14-6-4-10-18-14/h4,6,10,12H,3,5,7-9,11H2,1-2H3. The highest BCUT2D eigenvalue weighted by Crippen LogP contribution is 2.12. The number of ether oxygens (including phenoxy) is 2. The van der Waals surface area contributed by atoms with Crippen molar-refractivity contribution < 1.29 is 14.3 Å². The predicted molar refractivity (Wildman–Crippen MR) is 74.4 cm³/mol. The summed E-state index contributed by atoms with van der Waals surface area (Å²) in [5.74, 6) is 0.776. The number of hydrogen-bond donors (Lipinski definition) is 0. The summed E-state index contributed by atoms with van der Waals surface area (Å²) < 4.78 is 10.8. The molecular formula is C14H22O3S. The Morgan fingerprint density at radius 1 is 1.28 bits per heavy atom. The van der Waals surface area contributed by atoms with E-state index in [4.69, 9.17) is 9.47 Å². The molecule has 0 atom stereocenters. The highest BCUT2D eigenvalue weighted by Gasteiger charge is 2.05. The van der Waals surface area contributed by atoms with E-state index in [2.05, 4.69) is 13.8 Å². The van der Waals surface area contributed by atoms with Crippen LogP contribution in [0.15, 0.2) is 17.5 Å². The molecule has 1 aromatic heterocycles. The third-order valence-electron chi connectivity index (χ3n) is 2.31. The Balaban J connectivity index is 1.91. The number of ketones is 1. The van der Waals surface area contributed by atoms with Gasteiger partial charge in [0.15, 0.2) is 5.78 Å². The lowest BCUT2D eigenvalue weighted by molar-refractivity contribution is 0.0365. The molecule has 1 heterocycles. The van der Waals surface area contributed by atoms with Gasteiger partial charge in [-0.05, 0) is 23.8 Å². The first-order valence-electron chi connectivity index (χ1n) is 6.42. The lowest BCUT2D eigenvalue weighted by Crippen LogP contribution is -2.09. The third-order valence-corrected chi connectivity index (χ3v) is 3.22. The molecule has 0 fully saturated rings. The minimum absolute atomic E-state index is 0.213. The van der Waals surface area contributed by atoms with Gasteiger partial charge >= 0.3 is 0 Å². The zero-order chi connectivity index (χ0) is 13.2. The van der Waals surface area contributed by atoms with Gasteiger partial charge in [-0.3, -0.25) is 4.79 Å². The number of carbonyl (C=O) groups is 1. The van der Waals surface area contributed by atoms with Gasteiger partial charge in [0, 0.05) is 19.6 Å². The van der Waals surface area contributed by atoms with Crippen molar-refractivity contribution in [3.8, 4) is 0 Å². The Kier molecular flexibility index (Phi) is 7.89. The van der Waals surface area contributed by atoms with Crippen LogP contribution in [0.5, 0.6) is 0 Å². The zero-order valence-corrected chi connectivity index (χ0v) is 12.0. The number of Topliss-reactive ketones (excluding diaryl/α,β-unsaturated/α-hetero) is 1. The molecule has 18 heavy (non-hydrogen) atoms. The van der Waals surface area contributed by atoms with Crippen LogP contribution in [0.2, 0.25) is 0 Å². The lowest BCUT2D eigenvalue weighted by atomic mass is 10.2. The van der Waals surface area contributed by atoms with Crippen LogP contribution in [0.4, 0.5) is 0 Å². The third kappa shape index (κ3) is 6.89. The van der Waals surface area contributed by atoms with E-state index in [1.54, 1.807) is 0 Å². The summed E-state index contributed by atoms with van der Waals surface area (Å²) in [5.41, 5.74) is 0. The molecule has 4 heteroatoms. The van der Waals surface area contributed by atoms with Gasteiger partial charge in [-0.2, -0.15) is 0 Å². The molecule has 0 spiro atoms. The average Bonchev–Trinajstić information content (AvgIpc) is 2.85. The highest BCUT2D eigenvalue weighted by atomic mass is 32.1. The Bertz CT molecular complexity index is 320. The van der Waals surface area contributed by atoms with Crippen molar-refractivity contribution in [1.29, 1.82) is 0 Å². The minimum Gasteiger partial charge on any atom is -0.379 e. The van der Waals surface area contributed by atoms with Crippen LogP contribution in [0, 0.1) is 5.92 Å². The molecule has 0 saturated carbocycles. The molecule has 0 aliphatic heterocycles. The van der Waals surface area contributed by atoms with Crippen molar-refractivity contribution in [2.75, 3.05) is 26.4 Å². The smallest absolute Gasteiger partial charge is 0.172 e. The zero-order valence-electron chi connectivity index (χ0n) is 11.2. The van der Waals surface area contributed by atoms with E-state index in [-0.39, 0.29) is 5.78 Å². The molecule has 102 valence electrons. The van der Waals surface area contributed by atoms with Crippen LogP contribution in [0.1, 0.15) is 36.4 Å². The van der Waals surface area contributed by atoms with Crippen LogP contribution >= 0.6 is 11.3 Å². The highest BCUT2D eigenvalue weighted by molar-refractivity contribution is 7.12. The molecule has 0 radical (unpaired) electrons. The van der Waals surface area contributed by atoms with Crippen molar-refractivity contribution >= 4 is 17.1 Å². The maximum atomic E-state index is 11.6. The summed E-state index contributed by atoms with van der Waals surface area (Å²) in [5, 5.41) is 1.93. The fourth-order valence-electron chi connectivity index (χ4n) is 1.43. The van der Waals surface area contributed by atoms with Crippen LogP contribution in [-0.4, -0.2) is 32.2 Å². The van der Waals surface area contributed by atoms with Gasteiger partial charge in [-0.1, -0.05) is 19.9 Å². The monoisotopic (exact) mass is 270 g/mol. The van der Waals surface area contributed by atoms with Gasteiger partial charge in [0.2, 0.25) is 0 Å². The van der Waals surface area contributed by atoms with Crippen molar-refractivity contribution in [3.63, 3.8) is 0 Å². The van der Waals surface area contributed by atoms with Gasteiger partial charge < -0.3 is 9.47 Å². The van der Waals surface area contributed by atoms with Crippen molar-refractivity contribution in [1.82, 2.24) is 0 Å². The second-order valence-corrected chi connectivity index (χ2v) is 5.53. The maximum absolute atomic E-state index is 11.6. The topological polar surface area (TPSA) is 35.5 Å². The van der Waals surface area contributed by atoms with Gasteiger partial charge in [0.1, 0.15) is 0 Å². The molecule has 0 amide bonds. The van der Waals surface area contributed by atoms with E-state index >= 15 is 0 Å². The van der Waals surface area contributed by atoms with Crippen molar-refractivity contribution in [2.45, 2.75) is 26.7 Å². The summed E-state index contributed by atoms with van der Waals surface area (Å²) in [7, 11) is 0. The normalized spacial score (nSPS) is 11.1. The predicted octanol–water partition coefficient (Wildman–Crippen LogP) is 3.40. The maximum Gasteiger partial charge on any atom is 0.172 e. The number of rotatable bonds is 10. The van der Waals surface area contributed by atoms with Gasteiger partial charge in [0.25, 0.3) is 0 Å². The van der Waals surface area contributed by atoms with Crippen molar-refractivity contribution in [2.24, 2.45) is 5.92 Å². The molecule has 3 nitrogen and oxygen atoms in total. The van der Waals surface area contributed by atoms with Crippen LogP contribution in [0.3, 0.4) is 0 Å². The van der Waals surface area contributed by atoms with Crippen molar-refractivity contribution in [3.05, 3.63) is 22.4 Å². The molecule has 0 aliphatic carbocycles. The van der Waals surface area contributed by atoms with Crippen LogP contribution < -0.4 is 0 Å². The summed E-state index contributed by atoms with van der Waals surface area (Å²) in [4.78, 5) is 12.5. The van der Waals surface area contributed by atoms with E-state index < -0.39 is 0 Å². The fraction of sp³-hybridized carbons (Fsp3) is 0.643. The van der Waals surface area contributed by atoms with Crippen LogP contribution in [-0.2, 0) is 9.47 Å². The number of carbonyl (C=O) groups excluding carboxylic acids is 1. The number of hydrogen-bond acceptors (Lipinski definition) is 4. The first-order chi connectivity index (χ1) is 8.70. The molecule has 1 aromatic rings. The molecule has 0 saturated heterocycles. The first-order valence-corrected chi connectivity index (χ1v) is 7.30. The first kappa shape index (κ1) is 15.3. The van der Waals surface area contributed by atoms with Gasteiger partial charge in [-0.25, -0.2) is 0 Å². The quantitative estimate of drug-likeness (QED) is 0.483. The van der Waals surface area contributed by atoms with Gasteiger partial charge in [0.05, 0.1) is 18.1 Å². The summed E-state index contributed by atoms with van der Waals surface area (Å²) in [6.07, 6.45) is 1.34. The largest absolute Gasteiger partial charge is 0.379 e. The fourth-order valence-corrected chi connectivity index (χ4v) is 2.13. The lowest BCUT2D eigenvalue weighted by Gasteiger charge is -2.07. The molecule has 0 unspecified atom stereocenters. The SMILES string of the molecule is CC(C)COCCOCCCC(=O)c1cccs1. The minimum atomic E-state index is 0.213. The summed E-state index contributed by atoms with van der Waals surface area (Å²) in [6.45, 7) is 6.90. The average molecular weight is 270 g/mol. The molecule has 0 aromatic carbocycles.